The molecule has 0 aliphatic rings. The van der Waals surface area contributed by atoms with Crippen LogP contribution in [0, 0.1) is 11.3 Å². The number of anilines is 1. The van der Waals surface area contributed by atoms with E-state index in [1.165, 1.54) is 0 Å². The molecule has 0 radical (unpaired) electrons. The highest BCUT2D eigenvalue weighted by Gasteiger charge is 2.13. The van der Waals surface area contributed by atoms with Crippen LogP contribution in [0.25, 0.3) is 11.3 Å². The Morgan fingerprint density at radius 3 is 2.80 bits per heavy atom. The molecule has 74 valence electrons. The van der Waals surface area contributed by atoms with E-state index >= 15 is 0 Å². The van der Waals surface area contributed by atoms with E-state index in [0.29, 0.717) is 20.7 Å². The zero-order chi connectivity index (χ0) is 10.8. The second kappa shape index (κ2) is 3.89. The Bertz CT molecular complexity index is 542. The molecule has 2 aromatic rings. The molecule has 3 nitrogen and oxygen atoms in total. The molecule has 0 bridgehead atoms. The number of rotatable bonds is 1. The molecule has 2 N–H and O–H groups in total. The Labute approximate surface area is 95.7 Å². The van der Waals surface area contributed by atoms with E-state index < -0.39 is 0 Å². The smallest absolute Gasteiger partial charge is 0.181 e. The third-order valence-electron chi connectivity index (χ3n) is 1.87. The van der Waals surface area contributed by atoms with Crippen molar-refractivity contribution in [2.45, 2.75) is 0 Å². The molecular formula is C10H6ClN3S. The van der Waals surface area contributed by atoms with E-state index in [1.54, 1.807) is 6.07 Å². The number of nitrogens with two attached hydrogens (primary N) is 1. The van der Waals surface area contributed by atoms with Crippen LogP contribution in [0.2, 0.25) is 5.02 Å². The second-order valence-corrected chi connectivity index (χ2v) is 4.26. The summed E-state index contributed by atoms with van der Waals surface area (Å²) >= 11 is 7.18. The molecule has 0 fully saturated rings. The molecule has 0 aliphatic carbocycles. The van der Waals surface area contributed by atoms with E-state index in [9.17, 15) is 0 Å². The van der Waals surface area contributed by atoms with Gasteiger partial charge in [-0.1, -0.05) is 41.1 Å². The van der Waals surface area contributed by atoms with Gasteiger partial charge in [0.15, 0.2) is 5.13 Å². The Kier molecular flexibility index (Phi) is 2.58. The van der Waals surface area contributed by atoms with Crippen molar-refractivity contribution in [2.75, 3.05) is 5.73 Å². The van der Waals surface area contributed by atoms with Crippen molar-refractivity contribution >= 4 is 28.1 Å². The van der Waals surface area contributed by atoms with Crippen LogP contribution in [0.1, 0.15) is 4.88 Å². The number of thiazole rings is 1. The third-order valence-corrected chi connectivity index (χ3v) is 2.99. The highest BCUT2D eigenvalue weighted by atomic mass is 35.5. The lowest BCUT2D eigenvalue weighted by atomic mass is 10.1. The second-order valence-electron chi connectivity index (χ2n) is 2.82. The summed E-state index contributed by atoms with van der Waals surface area (Å²) in [5, 5.41) is 9.85. The number of benzene rings is 1. The molecular weight excluding hydrogens is 230 g/mol. The summed E-state index contributed by atoms with van der Waals surface area (Å²) in [6, 6.07) is 9.31. The minimum absolute atomic E-state index is 0.376. The number of nitriles is 1. The monoisotopic (exact) mass is 235 g/mol. The molecule has 0 saturated carbocycles. The van der Waals surface area contributed by atoms with Crippen molar-refractivity contribution in [1.82, 2.24) is 4.98 Å². The van der Waals surface area contributed by atoms with Crippen LogP contribution in [0.4, 0.5) is 5.13 Å². The van der Waals surface area contributed by atoms with Gasteiger partial charge in [0.2, 0.25) is 0 Å². The highest BCUT2D eigenvalue weighted by molar-refractivity contribution is 7.16. The molecule has 2 rings (SSSR count). The highest BCUT2D eigenvalue weighted by Crippen LogP contribution is 2.33. The average Bonchev–Trinajstić information content (AvgIpc) is 2.60. The summed E-state index contributed by atoms with van der Waals surface area (Å²) in [5.74, 6) is 0. The summed E-state index contributed by atoms with van der Waals surface area (Å²) in [7, 11) is 0. The first kappa shape index (κ1) is 9.97. The SMILES string of the molecule is N#Cc1sc(N)nc1-c1ccccc1Cl. The molecule has 0 aliphatic heterocycles. The van der Waals surface area contributed by atoms with Gasteiger partial charge in [-0.25, -0.2) is 4.98 Å². The average molecular weight is 236 g/mol. The Morgan fingerprint density at radius 1 is 1.40 bits per heavy atom. The summed E-state index contributed by atoms with van der Waals surface area (Å²) in [6.45, 7) is 0. The van der Waals surface area contributed by atoms with Crippen LogP contribution in [-0.4, -0.2) is 4.98 Å². The minimum Gasteiger partial charge on any atom is -0.375 e. The molecule has 15 heavy (non-hydrogen) atoms. The number of hydrogen-bond donors (Lipinski definition) is 1. The number of aromatic nitrogens is 1. The van der Waals surface area contributed by atoms with E-state index in [4.69, 9.17) is 22.6 Å². The summed E-state index contributed by atoms with van der Waals surface area (Å²) in [6.07, 6.45) is 0. The Morgan fingerprint density at radius 2 is 2.13 bits per heavy atom. The van der Waals surface area contributed by atoms with Gasteiger partial charge >= 0.3 is 0 Å². The minimum atomic E-state index is 0.376. The molecule has 0 spiro atoms. The van der Waals surface area contributed by atoms with Crippen molar-refractivity contribution in [3.05, 3.63) is 34.2 Å². The molecule has 0 saturated heterocycles. The Hall–Kier alpha value is -1.57. The van der Waals surface area contributed by atoms with Gasteiger partial charge in [-0.2, -0.15) is 5.26 Å². The van der Waals surface area contributed by atoms with E-state index in [2.05, 4.69) is 11.1 Å². The molecule has 0 amide bonds. The normalized spacial score (nSPS) is 9.87. The predicted octanol–water partition coefficient (Wildman–Crippen LogP) is 2.92. The van der Waals surface area contributed by atoms with Gasteiger partial charge in [0, 0.05) is 5.56 Å². The molecule has 0 atom stereocenters. The van der Waals surface area contributed by atoms with Crippen molar-refractivity contribution in [1.29, 1.82) is 5.26 Å². The zero-order valence-corrected chi connectivity index (χ0v) is 9.14. The number of halogens is 1. The van der Waals surface area contributed by atoms with Gasteiger partial charge in [-0.3, -0.25) is 0 Å². The van der Waals surface area contributed by atoms with Crippen LogP contribution < -0.4 is 5.73 Å². The first-order valence-electron chi connectivity index (χ1n) is 4.13. The lowest BCUT2D eigenvalue weighted by Gasteiger charge is -1.99. The maximum Gasteiger partial charge on any atom is 0.181 e. The van der Waals surface area contributed by atoms with Crippen LogP contribution >= 0.6 is 22.9 Å². The number of nitrogens with zero attached hydrogens (tertiary/aromatic N) is 2. The van der Waals surface area contributed by atoms with E-state index in [0.717, 1.165) is 16.9 Å². The Balaban J connectivity index is 2.65. The number of hydrogen-bond acceptors (Lipinski definition) is 4. The van der Waals surface area contributed by atoms with Crippen molar-refractivity contribution < 1.29 is 0 Å². The van der Waals surface area contributed by atoms with Crippen LogP contribution in [0.3, 0.4) is 0 Å². The molecule has 0 unspecified atom stereocenters. The van der Waals surface area contributed by atoms with Crippen molar-refractivity contribution in [2.24, 2.45) is 0 Å². The summed E-state index contributed by atoms with van der Waals surface area (Å²) < 4.78 is 0. The summed E-state index contributed by atoms with van der Waals surface area (Å²) in [5.41, 5.74) is 6.86. The molecule has 1 aromatic carbocycles. The predicted molar refractivity (Wildman–Crippen MR) is 61.7 cm³/mol. The van der Waals surface area contributed by atoms with Crippen molar-refractivity contribution in [3.63, 3.8) is 0 Å². The van der Waals surface area contributed by atoms with Gasteiger partial charge in [0.05, 0.1) is 5.02 Å². The first-order valence-corrected chi connectivity index (χ1v) is 5.33. The first-order chi connectivity index (χ1) is 7.22. The molecule has 1 heterocycles. The fourth-order valence-electron chi connectivity index (χ4n) is 1.25. The van der Waals surface area contributed by atoms with Crippen LogP contribution in [-0.2, 0) is 0 Å². The fraction of sp³-hybridized carbons (Fsp3) is 0. The maximum absolute atomic E-state index is 8.91. The van der Waals surface area contributed by atoms with Gasteiger partial charge in [0.25, 0.3) is 0 Å². The van der Waals surface area contributed by atoms with Crippen LogP contribution in [0.15, 0.2) is 24.3 Å². The quantitative estimate of drug-likeness (QED) is 0.827. The van der Waals surface area contributed by atoms with Gasteiger partial charge in [-0.05, 0) is 6.07 Å². The zero-order valence-electron chi connectivity index (χ0n) is 7.57. The maximum atomic E-state index is 8.91. The standard InChI is InChI=1S/C10H6ClN3S/c11-7-4-2-1-3-6(7)9-8(5-12)15-10(13)14-9/h1-4H,(H2,13,14). The molecule has 5 heteroatoms. The summed E-state index contributed by atoms with van der Waals surface area (Å²) in [4.78, 5) is 4.59. The number of nitrogen functional groups attached to an aromatic ring is 1. The van der Waals surface area contributed by atoms with E-state index in [1.807, 2.05) is 18.2 Å². The van der Waals surface area contributed by atoms with Gasteiger partial charge in [0.1, 0.15) is 16.6 Å². The van der Waals surface area contributed by atoms with Crippen molar-refractivity contribution in [3.8, 4) is 17.3 Å². The van der Waals surface area contributed by atoms with Gasteiger partial charge < -0.3 is 5.73 Å². The van der Waals surface area contributed by atoms with Gasteiger partial charge in [-0.15, -0.1) is 0 Å². The third kappa shape index (κ3) is 1.80. The molecule has 1 aromatic heterocycles. The topological polar surface area (TPSA) is 62.7 Å². The largest absolute Gasteiger partial charge is 0.375 e. The lowest BCUT2D eigenvalue weighted by molar-refractivity contribution is 1.39. The van der Waals surface area contributed by atoms with Crippen LogP contribution in [0.5, 0.6) is 0 Å². The lowest BCUT2D eigenvalue weighted by Crippen LogP contribution is -1.84. The fourth-order valence-corrected chi connectivity index (χ4v) is 2.12. The van der Waals surface area contributed by atoms with E-state index in [-0.39, 0.29) is 0 Å².